The van der Waals surface area contributed by atoms with Crippen molar-refractivity contribution in [3.05, 3.63) is 114 Å². The number of aromatic nitrogens is 2. The fourth-order valence-corrected chi connectivity index (χ4v) is 4.31. The minimum absolute atomic E-state index is 0.600. The van der Waals surface area contributed by atoms with E-state index in [1.165, 1.54) is 0 Å². The Hall–Kier alpha value is -4.87. The first-order valence-electron chi connectivity index (χ1n) is 10.9. The third-order valence-electron chi connectivity index (χ3n) is 6.06. The Balaban J connectivity index is 1.75. The molecule has 1 heterocycles. The van der Waals surface area contributed by atoms with Crippen LogP contribution in [0.3, 0.4) is 0 Å². The number of anilines is 2. The van der Waals surface area contributed by atoms with Gasteiger partial charge in [-0.25, -0.2) is 4.98 Å². The van der Waals surface area contributed by atoms with Crippen LogP contribution in [0.25, 0.3) is 21.9 Å². The number of fused-ring (bicyclic) bond motifs is 1. The summed E-state index contributed by atoms with van der Waals surface area (Å²) in [5.41, 5.74) is 7.01. The van der Waals surface area contributed by atoms with Gasteiger partial charge in [-0.3, -0.25) is 0 Å². The molecule has 5 heteroatoms. The molecule has 5 nitrogen and oxygen atoms in total. The van der Waals surface area contributed by atoms with Gasteiger partial charge in [0.2, 0.25) is 0 Å². The fourth-order valence-electron chi connectivity index (χ4n) is 4.31. The van der Waals surface area contributed by atoms with E-state index in [-0.39, 0.29) is 0 Å². The van der Waals surface area contributed by atoms with Gasteiger partial charge in [0.25, 0.3) is 0 Å². The molecule has 0 atom stereocenters. The van der Waals surface area contributed by atoms with Crippen LogP contribution in [0.5, 0.6) is 0 Å². The molecule has 0 unspecified atom stereocenters. The lowest BCUT2D eigenvalue weighted by atomic mass is 9.88. The van der Waals surface area contributed by atoms with Gasteiger partial charge in [0.1, 0.15) is 0 Å². The van der Waals surface area contributed by atoms with Gasteiger partial charge in [0, 0.05) is 42.3 Å². The molecule has 0 fully saturated rings. The molecule has 0 radical (unpaired) electrons. The molecule has 0 spiro atoms. The van der Waals surface area contributed by atoms with Gasteiger partial charge in [-0.2, -0.15) is 10.5 Å². The number of nitriles is 2. The summed E-state index contributed by atoms with van der Waals surface area (Å²) in [7, 11) is 1.97. The van der Waals surface area contributed by atoms with E-state index < -0.39 is 0 Å². The molecule has 0 saturated carbocycles. The van der Waals surface area contributed by atoms with E-state index in [2.05, 4.69) is 46.7 Å². The van der Waals surface area contributed by atoms with Gasteiger partial charge < -0.3 is 9.88 Å². The molecule has 1 aromatic heterocycles. The summed E-state index contributed by atoms with van der Waals surface area (Å²) in [5.74, 6) is 0. The van der Waals surface area contributed by atoms with Crippen molar-refractivity contribution < 1.29 is 0 Å². The van der Waals surface area contributed by atoms with E-state index in [0.717, 1.165) is 44.5 Å². The molecular weight excluding hydrogens is 418 g/mol. The fraction of sp³-hybridized carbons (Fsp3) is 0.0690. The number of imidazole rings is 1. The second-order valence-corrected chi connectivity index (χ2v) is 8.14. The summed E-state index contributed by atoms with van der Waals surface area (Å²) in [5, 5.41) is 24.9. The van der Waals surface area contributed by atoms with Crippen molar-refractivity contribution in [1.29, 1.82) is 10.5 Å². The van der Waals surface area contributed by atoms with E-state index in [1.54, 1.807) is 18.5 Å². The number of hydrogen-bond donors (Lipinski definition) is 1. The molecule has 0 amide bonds. The third-order valence-corrected chi connectivity index (χ3v) is 6.06. The van der Waals surface area contributed by atoms with Crippen LogP contribution in [0.15, 0.2) is 91.4 Å². The van der Waals surface area contributed by atoms with Crippen molar-refractivity contribution in [2.45, 2.75) is 6.42 Å². The van der Waals surface area contributed by atoms with Crippen LogP contribution in [-0.2, 0) is 13.5 Å². The Morgan fingerprint density at radius 1 is 0.882 bits per heavy atom. The summed E-state index contributed by atoms with van der Waals surface area (Å²) in [4.78, 5) is 4.29. The van der Waals surface area contributed by atoms with E-state index >= 15 is 0 Å². The van der Waals surface area contributed by atoms with Crippen LogP contribution < -0.4 is 5.32 Å². The highest BCUT2D eigenvalue weighted by Gasteiger charge is 2.19. The smallest absolute Gasteiger partial charge is 0.0998 e. The summed E-state index contributed by atoms with van der Waals surface area (Å²) in [6, 6.07) is 30.2. The van der Waals surface area contributed by atoms with Gasteiger partial charge >= 0.3 is 0 Å². The van der Waals surface area contributed by atoms with Crippen LogP contribution in [0.2, 0.25) is 0 Å². The zero-order chi connectivity index (χ0) is 23.5. The molecule has 0 aliphatic rings. The van der Waals surface area contributed by atoms with Crippen LogP contribution >= 0.6 is 0 Å². The van der Waals surface area contributed by atoms with Crippen LogP contribution in [0.4, 0.5) is 11.4 Å². The molecule has 1 N–H and O–H groups in total. The quantitative estimate of drug-likeness (QED) is 0.348. The van der Waals surface area contributed by atoms with Crippen LogP contribution in [0, 0.1) is 22.7 Å². The maximum absolute atomic E-state index is 10.1. The average Bonchev–Trinajstić information content (AvgIpc) is 3.29. The van der Waals surface area contributed by atoms with Crippen molar-refractivity contribution in [2.24, 2.45) is 7.05 Å². The van der Waals surface area contributed by atoms with Crippen molar-refractivity contribution >= 4 is 22.1 Å². The number of nitrogens with zero attached hydrogens (tertiary/aromatic N) is 4. The number of hydrogen-bond acceptors (Lipinski definition) is 4. The van der Waals surface area contributed by atoms with Crippen LogP contribution in [0.1, 0.15) is 22.4 Å². The Bertz CT molecular complexity index is 1570. The lowest BCUT2D eigenvalue weighted by Gasteiger charge is -2.19. The summed E-state index contributed by atoms with van der Waals surface area (Å²) in [6.45, 7) is 0. The Kier molecular flexibility index (Phi) is 5.52. The first kappa shape index (κ1) is 21.0. The monoisotopic (exact) mass is 439 g/mol. The maximum Gasteiger partial charge on any atom is 0.0998 e. The third kappa shape index (κ3) is 3.88. The second kappa shape index (κ2) is 8.94. The van der Waals surface area contributed by atoms with Gasteiger partial charge in [-0.1, -0.05) is 42.5 Å². The topological polar surface area (TPSA) is 77.4 Å². The first-order valence-corrected chi connectivity index (χ1v) is 10.9. The van der Waals surface area contributed by atoms with Gasteiger partial charge in [-0.05, 0) is 58.3 Å². The summed E-state index contributed by atoms with van der Waals surface area (Å²) in [6.07, 6.45) is 4.25. The number of benzene rings is 4. The van der Waals surface area contributed by atoms with Crippen molar-refractivity contribution in [1.82, 2.24) is 9.55 Å². The lowest BCUT2D eigenvalue weighted by molar-refractivity contribution is 0.846. The molecule has 4 aromatic carbocycles. The number of rotatable bonds is 5. The summed E-state index contributed by atoms with van der Waals surface area (Å²) >= 11 is 0. The van der Waals surface area contributed by atoms with Crippen molar-refractivity contribution in [3.8, 4) is 23.3 Å². The zero-order valence-electron chi connectivity index (χ0n) is 18.7. The van der Waals surface area contributed by atoms with E-state index in [4.69, 9.17) is 5.26 Å². The van der Waals surface area contributed by atoms with Gasteiger partial charge in [0.15, 0.2) is 0 Å². The summed E-state index contributed by atoms with van der Waals surface area (Å²) < 4.78 is 2.00. The molecular formula is C29H21N5. The van der Waals surface area contributed by atoms with Crippen molar-refractivity contribution in [2.75, 3.05) is 5.32 Å². The predicted molar refractivity (Wildman–Crippen MR) is 135 cm³/mol. The van der Waals surface area contributed by atoms with Gasteiger partial charge in [0.05, 0.1) is 29.6 Å². The Morgan fingerprint density at radius 3 is 2.41 bits per heavy atom. The lowest BCUT2D eigenvalue weighted by Crippen LogP contribution is -2.05. The molecule has 0 aliphatic heterocycles. The Labute approximate surface area is 198 Å². The zero-order valence-corrected chi connectivity index (χ0v) is 18.7. The SMILES string of the molecule is Cn1cncc1Cc1c(Nc2ccc(C#N)cc2)ccc(C#N)c1-c1cccc2ccccc12. The minimum atomic E-state index is 0.600. The molecule has 0 aliphatic carbocycles. The van der Waals surface area contributed by atoms with Crippen LogP contribution in [-0.4, -0.2) is 9.55 Å². The Morgan fingerprint density at radius 2 is 1.68 bits per heavy atom. The molecule has 5 aromatic rings. The molecule has 0 saturated heterocycles. The normalized spacial score (nSPS) is 10.6. The maximum atomic E-state index is 10.1. The number of nitrogens with one attached hydrogen (secondary N) is 1. The standard InChI is InChI=1S/C29H21N5/c1-34-19-32-18-24(34)15-27-28(33-23-12-9-20(16-30)10-13-23)14-11-22(17-31)29(27)26-8-4-6-21-5-2-3-7-25(21)26/h2-14,18-19,33H,15H2,1H3. The highest BCUT2D eigenvalue weighted by atomic mass is 15.0. The largest absolute Gasteiger partial charge is 0.355 e. The van der Waals surface area contributed by atoms with E-state index in [9.17, 15) is 5.26 Å². The predicted octanol–water partition coefficient (Wildman–Crippen LogP) is 6.32. The highest BCUT2D eigenvalue weighted by Crippen LogP contribution is 2.39. The number of aryl methyl sites for hydroxylation is 1. The van der Waals surface area contributed by atoms with Gasteiger partial charge in [-0.15, -0.1) is 0 Å². The highest BCUT2D eigenvalue weighted by molar-refractivity contribution is 5.99. The van der Waals surface area contributed by atoms with Crippen molar-refractivity contribution in [3.63, 3.8) is 0 Å². The molecule has 162 valence electrons. The second-order valence-electron chi connectivity index (χ2n) is 8.14. The minimum Gasteiger partial charge on any atom is -0.355 e. The first-order chi connectivity index (χ1) is 16.7. The average molecular weight is 440 g/mol. The van der Waals surface area contributed by atoms with E-state index in [1.807, 2.05) is 60.3 Å². The molecule has 0 bridgehead atoms. The molecule has 34 heavy (non-hydrogen) atoms. The van der Waals surface area contributed by atoms with E-state index in [0.29, 0.717) is 17.5 Å². The molecule has 5 rings (SSSR count).